The van der Waals surface area contributed by atoms with Gasteiger partial charge in [0.25, 0.3) is 0 Å². The number of anilines is 4. The molecule has 134 valence electrons. The van der Waals surface area contributed by atoms with Crippen LogP contribution in [0.15, 0.2) is 48.2 Å². The molecule has 2 amide bonds. The molecule has 3 heterocycles. The molecule has 4 N–H and O–H groups in total. The van der Waals surface area contributed by atoms with Crippen molar-refractivity contribution in [1.82, 2.24) is 20.3 Å². The maximum absolute atomic E-state index is 11.7. The Morgan fingerprint density at radius 2 is 1.92 bits per heavy atom. The number of hydrogen-bond acceptors (Lipinski definition) is 7. The van der Waals surface area contributed by atoms with E-state index in [2.05, 4.69) is 36.2 Å². The number of thiophene rings is 1. The van der Waals surface area contributed by atoms with Crippen LogP contribution in [0.5, 0.6) is 0 Å². The van der Waals surface area contributed by atoms with Gasteiger partial charge in [-0.25, -0.2) is 19.7 Å². The molecule has 0 atom stereocenters. The lowest BCUT2D eigenvalue weighted by Crippen LogP contribution is -2.32. The molecule has 26 heavy (non-hydrogen) atoms. The van der Waals surface area contributed by atoms with Crippen molar-refractivity contribution in [3.8, 4) is 0 Å². The molecule has 0 aliphatic heterocycles. The summed E-state index contributed by atoms with van der Waals surface area (Å²) in [6, 6.07) is 9.15. The molecule has 3 aromatic heterocycles. The second kappa shape index (κ2) is 8.77. The first-order valence-electron chi connectivity index (χ1n) is 8.03. The fraction of sp³-hybridized carbons (Fsp3) is 0.176. The predicted octanol–water partition coefficient (Wildman–Crippen LogP) is 3.22. The lowest BCUT2D eigenvalue weighted by atomic mass is 10.3. The SMILES string of the molecule is Cc1ccnc(Nc2cc(NCCNC(=O)Nc3cccs3)ncn2)c1. The third-order valence-corrected chi connectivity index (χ3v) is 4.10. The second-order valence-electron chi connectivity index (χ2n) is 5.42. The van der Waals surface area contributed by atoms with Crippen LogP contribution < -0.4 is 21.3 Å². The lowest BCUT2D eigenvalue weighted by Gasteiger charge is -2.09. The number of amides is 2. The van der Waals surface area contributed by atoms with Crippen LogP contribution in [0.25, 0.3) is 0 Å². The summed E-state index contributed by atoms with van der Waals surface area (Å²) >= 11 is 1.47. The third kappa shape index (κ3) is 5.42. The summed E-state index contributed by atoms with van der Waals surface area (Å²) in [6.45, 7) is 3.00. The number of carbonyl (C=O) groups excluding carboxylic acids is 1. The van der Waals surface area contributed by atoms with E-state index in [1.54, 1.807) is 12.3 Å². The van der Waals surface area contributed by atoms with Crippen molar-refractivity contribution in [2.24, 2.45) is 0 Å². The van der Waals surface area contributed by atoms with Crippen molar-refractivity contribution < 1.29 is 4.79 Å². The van der Waals surface area contributed by atoms with Crippen molar-refractivity contribution in [3.05, 3.63) is 53.8 Å². The Kier molecular flexibility index (Phi) is 5.94. The molecule has 0 radical (unpaired) electrons. The van der Waals surface area contributed by atoms with E-state index in [0.29, 0.717) is 24.7 Å². The fourth-order valence-corrected chi connectivity index (χ4v) is 2.74. The van der Waals surface area contributed by atoms with Gasteiger partial charge >= 0.3 is 6.03 Å². The fourth-order valence-electron chi connectivity index (χ4n) is 2.13. The van der Waals surface area contributed by atoms with Gasteiger partial charge in [0.2, 0.25) is 0 Å². The standard InChI is InChI=1S/C17H19N7OS/c1-12-4-5-18-14(9-12)23-15-10-13(21-11-22-15)19-6-7-20-17(25)24-16-3-2-8-26-16/h2-5,8-11H,6-7H2,1H3,(H2,20,24,25)(H2,18,19,21,22,23). The Bertz CT molecular complexity index is 854. The van der Waals surface area contributed by atoms with E-state index < -0.39 is 0 Å². The summed E-state index contributed by atoms with van der Waals surface area (Å²) in [7, 11) is 0. The zero-order chi connectivity index (χ0) is 18.2. The van der Waals surface area contributed by atoms with Crippen molar-refractivity contribution in [2.75, 3.05) is 29.0 Å². The molecule has 0 bridgehead atoms. The van der Waals surface area contributed by atoms with Gasteiger partial charge in [0.05, 0.1) is 5.00 Å². The molecular formula is C17H19N7OS. The number of nitrogens with zero attached hydrogens (tertiary/aromatic N) is 3. The largest absolute Gasteiger partial charge is 0.368 e. The summed E-state index contributed by atoms with van der Waals surface area (Å²) in [5.74, 6) is 2.03. The number of urea groups is 1. The van der Waals surface area contributed by atoms with E-state index in [4.69, 9.17) is 0 Å². The molecule has 0 spiro atoms. The summed E-state index contributed by atoms with van der Waals surface area (Å²) in [6.07, 6.45) is 3.21. The van der Waals surface area contributed by atoms with E-state index in [1.807, 2.05) is 36.6 Å². The van der Waals surface area contributed by atoms with Gasteiger partial charge in [-0.1, -0.05) is 0 Å². The van der Waals surface area contributed by atoms with Gasteiger partial charge in [0.15, 0.2) is 0 Å². The number of aromatic nitrogens is 3. The number of hydrogen-bond donors (Lipinski definition) is 4. The number of carbonyl (C=O) groups is 1. The second-order valence-corrected chi connectivity index (χ2v) is 6.36. The number of aryl methyl sites for hydroxylation is 1. The summed E-state index contributed by atoms with van der Waals surface area (Å²) in [5, 5.41) is 14.5. The van der Waals surface area contributed by atoms with Gasteiger partial charge in [0, 0.05) is 25.4 Å². The van der Waals surface area contributed by atoms with Crippen molar-refractivity contribution in [3.63, 3.8) is 0 Å². The smallest absolute Gasteiger partial charge is 0.319 e. The van der Waals surface area contributed by atoms with Gasteiger partial charge < -0.3 is 16.0 Å². The molecule has 0 unspecified atom stereocenters. The summed E-state index contributed by atoms with van der Waals surface area (Å²) < 4.78 is 0. The third-order valence-electron chi connectivity index (χ3n) is 3.31. The molecular weight excluding hydrogens is 350 g/mol. The van der Waals surface area contributed by atoms with Gasteiger partial charge in [-0.05, 0) is 42.1 Å². The van der Waals surface area contributed by atoms with Gasteiger partial charge in [-0.2, -0.15) is 0 Å². The van der Waals surface area contributed by atoms with Crippen molar-refractivity contribution >= 4 is 39.8 Å². The molecule has 3 aromatic rings. The molecule has 9 heteroatoms. The number of pyridine rings is 1. The minimum atomic E-state index is -0.232. The van der Waals surface area contributed by atoms with E-state index in [-0.39, 0.29) is 6.03 Å². The van der Waals surface area contributed by atoms with Crippen LogP contribution in [0.3, 0.4) is 0 Å². The van der Waals surface area contributed by atoms with Crippen LogP contribution in [0.2, 0.25) is 0 Å². The van der Waals surface area contributed by atoms with Crippen LogP contribution in [0, 0.1) is 6.92 Å². The van der Waals surface area contributed by atoms with Crippen molar-refractivity contribution in [2.45, 2.75) is 6.92 Å². The quantitative estimate of drug-likeness (QED) is 0.477. The normalized spacial score (nSPS) is 10.2. The van der Waals surface area contributed by atoms with Gasteiger partial charge in [-0.3, -0.25) is 5.32 Å². The molecule has 0 saturated heterocycles. The highest BCUT2D eigenvalue weighted by atomic mass is 32.1. The molecule has 0 fully saturated rings. The van der Waals surface area contributed by atoms with Crippen molar-refractivity contribution in [1.29, 1.82) is 0 Å². The van der Waals surface area contributed by atoms with E-state index >= 15 is 0 Å². The summed E-state index contributed by atoms with van der Waals surface area (Å²) in [5.41, 5.74) is 1.11. The zero-order valence-electron chi connectivity index (χ0n) is 14.2. The van der Waals surface area contributed by atoms with Crippen LogP contribution in [-0.2, 0) is 0 Å². The Labute approximate surface area is 155 Å². The molecule has 3 rings (SSSR count). The first kappa shape index (κ1) is 17.6. The maximum Gasteiger partial charge on any atom is 0.319 e. The Morgan fingerprint density at radius 1 is 1.08 bits per heavy atom. The Morgan fingerprint density at radius 3 is 2.73 bits per heavy atom. The number of nitrogens with one attached hydrogen (secondary N) is 4. The molecule has 0 aliphatic carbocycles. The summed E-state index contributed by atoms with van der Waals surface area (Å²) in [4.78, 5) is 24.3. The lowest BCUT2D eigenvalue weighted by molar-refractivity contribution is 0.252. The van der Waals surface area contributed by atoms with E-state index in [0.717, 1.165) is 16.4 Å². The van der Waals surface area contributed by atoms with Gasteiger partial charge in [-0.15, -0.1) is 11.3 Å². The first-order chi connectivity index (χ1) is 12.7. The topological polar surface area (TPSA) is 104 Å². The van der Waals surface area contributed by atoms with Gasteiger partial charge in [0.1, 0.15) is 23.8 Å². The highest BCUT2D eigenvalue weighted by Gasteiger charge is 2.03. The highest BCUT2D eigenvalue weighted by Crippen LogP contribution is 2.15. The Hall–Kier alpha value is -3.20. The minimum Gasteiger partial charge on any atom is -0.368 e. The molecule has 0 saturated carbocycles. The zero-order valence-corrected chi connectivity index (χ0v) is 15.0. The predicted molar refractivity (Wildman–Crippen MR) is 104 cm³/mol. The minimum absolute atomic E-state index is 0.232. The van der Waals surface area contributed by atoms with Crippen LogP contribution in [0.4, 0.5) is 27.2 Å². The highest BCUT2D eigenvalue weighted by molar-refractivity contribution is 7.14. The first-order valence-corrected chi connectivity index (χ1v) is 8.91. The van der Waals surface area contributed by atoms with Crippen LogP contribution in [-0.4, -0.2) is 34.1 Å². The molecule has 0 aliphatic rings. The monoisotopic (exact) mass is 369 g/mol. The maximum atomic E-state index is 11.7. The number of rotatable bonds is 7. The van der Waals surface area contributed by atoms with Crippen LogP contribution >= 0.6 is 11.3 Å². The van der Waals surface area contributed by atoms with Crippen LogP contribution in [0.1, 0.15) is 5.56 Å². The van der Waals surface area contributed by atoms with E-state index in [9.17, 15) is 4.79 Å². The van der Waals surface area contributed by atoms with E-state index in [1.165, 1.54) is 17.7 Å². The average molecular weight is 369 g/mol. The Balaban J connectivity index is 1.44. The average Bonchev–Trinajstić information content (AvgIpc) is 3.12. The molecule has 0 aromatic carbocycles. The molecule has 8 nitrogen and oxygen atoms in total.